The van der Waals surface area contributed by atoms with Crippen LogP contribution in [-0.4, -0.2) is 14.0 Å². The summed E-state index contributed by atoms with van der Waals surface area (Å²) in [4.78, 5) is 28.0. The number of nitrogens with zero attached hydrogens (tertiary/aromatic N) is 4. The molecule has 2 aromatic carbocycles. The summed E-state index contributed by atoms with van der Waals surface area (Å²) in [5.74, 6) is 0. The lowest BCUT2D eigenvalue weighted by atomic mass is 10.1. The van der Waals surface area contributed by atoms with E-state index < -0.39 is 0 Å². The molecule has 2 heterocycles. The monoisotopic (exact) mass is 450 g/mol. The van der Waals surface area contributed by atoms with Crippen LogP contribution in [0.5, 0.6) is 0 Å². The van der Waals surface area contributed by atoms with E-state index in [1.807, 2.05) is 42.5 Å². The third-order valence-corrected chi connectivity index (χ3v) is 5.77. The minimum atomic E-state index is -0.301. The Morgan fingerprint density at radius 1 is 1.03 bits per heavy atom. The van der Waals surface area contributed by atoms with Gasteiger partial charge < -0.3 is 0 Å². The van der Waals surface area contributed by atoms with E-state index in [2.05, 4.69) is 26.9 Å². The lowest BCUT2D eigenvalue weighted by Gasteiger charge is -2.14. The van der Waals surface area contributed by atoms with Gasteiger partial charge in [0.05, 0.1) is 23.7 Å². The second-order valence-corrected chi connectivity index (χ2v) is 8.16. The maximum Gasteiger partial charge on any atom is 0.331 e. The summed E-state index contributed by atoms with van der Waals surface area (Å²) >= 11 is 3.40. The van der Waals surface area contributed by atoms with Crippen molar-refractivity contribution in [1.29, 1.82) is 5.26 Å². The molecule has 0 fully saturated rings. The van der Waals surface area contributed by atoms with E-state index >= 15 is 0 Å². The van der Waals surface area contributed by atoms with Gasteiger partial charge in [0.1, 0.15) is 0 Å². The van der Waals surface area contributed by atoms with Gasteiger partial charge in [-0.15, -0.1) is 0 Å². The molecule has 7 heteroatoms. The van der Waals surface area contributed by atoms with Crippen molar-refractivity contribution in [1.82, 2.24) is 14.0 Å². The van der Waals surface area contributed by atoms with Crippen molar-refractivity contribution in [3.8, 4) is 6.07 Å². The summed E-state index contributed by atoms with van der Waals surface area (Å²) in [6.45, 7) is 1.88. The topological polar surface area (TPSA) is 71.0 Å². The van der Waals surface area contributed by atoms with Gasteiger partial charge in [0.2, 0.25) is 0 Å². The van der Waals surface area contributed by atoms with Gasteiger partial charge in [-0.05, 0) is 35.4 Å². The van der Waals surface area contributed by atoms with Crippen LogP contribution in [-0.2, 0) is 33.2 Å². The highest BCUT2D eigenvalue weighted by atomic mass is 79.9. The van der Waals surface area contributed by atoms with E-state index in [9.17, 15) is 9.59 Å². The Morgan fingerprint density at radius 3 is 2.52 bits per heavy atom. The molecule has 0 unspecified atom stereocenters. The molecule has 0 amide bonds. The number of nitriles is 1. The van der Waals surface area contributed by atoms with Crippen molar-refractivity contribution < 1.29 is 0 Å². The van der Waals surface area contributed by atoms with Crippen molar-refractivity contribution in [2.45, 2.75) is 26.2 Å². The first-order valence-electron chi connectivity index (χ1n) is 9.23. The Balaban J connectivity index is 1.63. The quantitative estimate of drug-likeness (QED) is 0.612. The number of fused-ring (bicyclic) bond motifs is 1. The zero-order valence-electron chi connectivity index (χ0n) is 15.9. The number of aromatic nitrogens is 2. The molecule has 0 atom stereocenters. The third-order valence-electron chi connectivity index (χ3n) is 5.25. The van der Waals surface area contributed by atoms with Gasteiger partial charge >= 0.3 is 5.69 Å². The Labute approximate surface area is 176 Å². The molecule has 29 heavy (non-hydrogen) atoms. The second-order valence-electron chi connectivity index (χ2n) is 7.24. The van der Waals surface area contributed by atoms with Gasteiger partial charge in [-0.25, -0.2) is 4.79 Å². The lowest BCUT2D eigenvalue weighted by Crippen LogP contribution is -2.41. The van der Waals surface area contributed by atoms with Gasteiger partial charge in [-0.2, -0.15) is 5.26 Å². The van der Waals surface area contributed by atoms with E-state index in [-0.39, 0.29) is 17.8 Å². The smallest absolute Gasteiger partial charge is 0.299 e. The standard InChI is InChI=1S/C22H19BrN4O2/c1-25-20-14-26(11-17-4-2-3-16(9-17)10-24)13-19(20)21(28)27(22(25)29)12-15-5-7-18(23)8-6-15/h2-9H,11-14H2,1H3. The molecule has 146 valence electrons. The van der Waals surface area contributed by atoms with Gasteiger partial charge in [0, 0.05) is 36.8 Å². The average molecular weight is 451 g/mol. The van der Waals surface area contributed by atoms with Gasteiger partial charge in [0.15, 0.2) is 0 Å². The van der Waals surface area contributed by atoms with Gasteiger partial charge in [0.25, 0.3) is 5.56 Å². The Hall–Kier alpha value is -2.95. The molecule has 0 saturated heterocycles. The van der Waals surface area contributed by atoms with Crippen LogP contribution < -0.4 is 11.2 Å². The first-order chi connectivity index (χ1) is 14.0. The number of hydrogen-bond donors (Lipinski definition) is 0. The molecule has 0 N–H and O–H groups in total. The summed E-state index contributed by atoms with van der Waals surface area (Å²) in [6, 6.07) is 17.2. The molecule has 4 rings (SSSR count). The Bertz CT molecular complexity index is 1240. The number of rotatable bonds is 4. The summed E-state index contributed by atoms with van der Waals surface area (Å²) in [5, 5.41) is 9.09. The highest BCUT2D eigenvalue weighted by molar-refractivity contribution is 9.10. The zero-order chi connectivity index (χ0) is 20.5. The predicted octanol–water partition coefficient (Wildman–Crippen LogP) is 2.75. The maximum absolute atomic E-state index is 13.1. The molecule has 1 aliphatic heterocycles. The van der Waals surface area contributed by atoms with Crippen LogP contribution in [0.25, 0.3) is 0 Å². The molecule has 0 saturated carbocycles. The van der Waals surface area contributed by atoms with Crippen LogP contribution in [0.3, 0.4) is 0 Å². The van der Waals surface area contributed by atoms with Crippen LogP contribution in [0.4, 0.5) is 0 Å². The fourth-order valence-electron chi connectivity index (χ4n) is 3.74. The van der Waals surface area contributed by atoms with Crippen molar-refractivity contribution in [2.24, 2.45) is 7.05 Å². The summed E-state index contributed by atoms with van der Waals surface area (Å²) < 4.78 is 3.84. The van der Waals surface area contributed by atoms with Crippen LogP contribution in [0.2, 0.25) is 0 Å². The molecule has 0 spiro atoms. The van der Waals surface area contributed by atoms with Crippen molar-refractivity contribution >= 4 is 15.9 Å². The third kappa shape index (κ3) is 3.82. The van der Waals surface area contributed by atoms with Crippen molar-refractivity contribution in [3.05, 3.63) is 102 Å². The maximum atomic E-state index is 13.1. The molecule has 1 aromatic heterocycles. The summed E-state index contributed by atoms with van der Waals surface area (Å²) in [5.41, 5.74) is 3.43. The van der Waals surface area contributed by atoms with Crippen LogP contribution in [0.15, 0.2) is 62.6 Å². The van der Waals surface area contributed by atoms with Gasteiger partial charge in [-0.1, -0.05) is 40.2 Å². The molecule has 3 aromatic rings. The Kier molecular flexibility index (Phi) is 5.22. The number of halogens is 1. The molecular weight excluding hydrogens is 432 g/mol. The highest BCUT2D eigenvalue weighted by Gasteiger charge is 2.27. The molecule has 1 aliphatic rings. The van der Waals surface area contributed by atoms with E-state index in [1.54, 1.807) is 17.7 Å². The fourth-order valence-corrected chi connectivity index (χ4v) is 4.01. The first kappa shape index (κ1) is 19.4. The SMILES string of the molecule is Cn1c2c(c(=O)n(Cc3ccc(Br)cc3)c1=O)CN(Cc1cccc(C#N)c1)C2. The number of benzene rings is 2. The zero-order valence-corrected chi connectivity index (χ0v) is 17.5. The summed E-state index contributed by atoms with van der Waals surface area (Å²) in [6.07, 6.45) is 0. The Morgan fingerprint density at radius 2 is 1.79 bits per heavy atom. The molecule has 0 bridgehead atoms. The average Bonchev–Trinajstić information content (AvgIpc) is 3.15. The fraction of sp³-hybridized carbons (Fsp3) is 0.227. The summed E-state index contributed by atoms with van der Waals surface area (Å²) in [7, 11) is 1.72. The predicted molar refractivity (Wildman–Crippen MR) is 113 cm³/mol. The van der Waals surface area contributed by atoms with Crippen LogP contribution >= 0.6 is 15.9 Å². The van der Waals surface area contributed by atoms with E-state index in [1.165, 1.54) is 4.57 Å². The van der Waals surface area contributed by atoms with Crippen LogP contribution in [0.1, 0.15) is 27.9 Å². The highest BCUT2D eigenvalue weighted by Crippen LogP contribution is 2.21. The van der Waals surface area contributed by atoms with E-state index in [0.717, 1.165) is 21.3 Å². The lowest BCUT2D eigenvalue weighted by molar-refractivity contribution is 0.272. The number of hydrogen-bond acceptors (Lipinski definition) is 4. The van der Waals surface area contributed by atoms with Crippen molar-refractivity contribution in [3.63, 3.8) is 0 Å². The van der Waals surface area contributed by atoms with Crippen LogP contribution in [0, 0.1) is 11.3 Å². The van der Waals surface area contributed by atoms with Crippen molar-refractivity contribution in [2.75, 3.05) is 0 Å². The molecule has 0 aliphatic carbocycles. The van der Waals surface area contributed by atoms with E-state index in [4.69, 9.17) is 5.26 Å². The molecular formula is C22H19BrN4O2. The normalized spacial score (nSPS) is 13.3. The van der Waals surface area contributed by atoms with Gasteiger partial charge in [-0.3, -0.25) is 18.8 Å². The first-order valence-corrected chi connectivity index (χ1v) is 10.0. The van der Waals surface area contributed by atoms with E-state index in [0.29, 0.717) is 30.8 Å². The second kappa shape index (κ2) is 7.82. The minimum Gasteiger partial charge on any atom is -0.299 e. The largest absolute Gasteiger partial charge is 0.331 e. The molecule has 6 nitrogen and oxygen atoms in total. The molecule has 0 radical (unpaired) electrons. The minimum absolute atomic E-state index is 0.223.